The number of carbonyl (C=O) groups is 3. The van der Waals surface area contributed by atoms with Crippen molar-refractivity contribution in [3.05, 3.63) is 85.1 Å². The summed E-state index contributed by atoms with van der Waals surface area (Å²) in [5.74, 6) is -2.29. The molecule has 9 nitrogen and oxygen atoms in total. The molecule has 81 heavy (non-hydrogen) atoms. The van der Waals surface area contributed by atoms with Crippen LogP contribution in [0.3, 0.4) is 0 Å². The van der Waals surface area contributed by atoms with Gasteiger partial charge in [-0.1, -0.05) is 279 Å². The van der Waals surface area contributed by atoms with E-state index in [1.165, 1.54) is 180 Å². The minimum absolute atomic E-state index is 0.143. The van der Waals surface area contributed by atoms with Gasteiger partial charge in [-0.05, 0) is 89.9 Å². The molecular weight excluding hydrogens is 1010 g/mol. The van der Waals surface area contributed by atoms with E-state index in [0.717, 1.165) is 83.5 Å². The average Bonchev–Trinajstić information content (AvgIpc) is 3.44. The van der Waals surface area contributed by atoms with Gasteiger partial charge in [0.25, 0.3) is 0 Å². The predicted octanol–water partition coefficient (Wildman–Crippen LogP) is 19.4. The van der Waals surface area contributed by atoms with Gasteiger partial charge in [0.1, 0.15) is 13.2 Å². The van der Waals surface area contributed by atoms with E-state index in [-0.39, 0.29) is 38.6 Å². The first-order valence-electron chi connectivity index (χ1n) is 33.7. The number of likely N-dealkylation sites (N-methyl/N-ethyl adjacent to an activating group) is 1. The number of carbonyl (C=O) groups excluding carboxylic acids is 3. The normalized spacial score (nSPS) is 13.2. The lowest BCUT2D eigenvalue weighted by atomic mass is 10.0. The first-order chi connectivity index (χ1) is 39.6. The number of esters is 2. The van der Waals surface area contributed by atoms with Gasteiger partial charge in [0.15, 0.2) is 12.4 Å². The summed E-state index contributed by atoms with van der Waals surface area (Å²) in [6, 6.07) is 0. The van der Waals surface area contributed by atoms with Gasteiger partial charge in [0.2, 0.25) is 0 Å². The summed E-state index contributed by atoms with van der Waals surface area (Å²) in [6.45, 7) is 4.65. The highest BCUT2D eigenvalue weighted by molar-refractivity contribution is 5.70. The Bertz CT molecular complexity index is 1600. The molecule has 0 bridgehead atoms. The third kappa shape index (κ3) is 63.9. The zero-order valence-electron chi connectivity index (χ0n) is 53.4. The van der Waals surface area contributed by atoms with Gasteiger partial charge >= 0.3 is 11.9 Å². The van der Waals surface area contributed by atoms with E-state index in [4.69, 9.17) is 18.9 Å². The molecule has 468 valence electrons. The Hall–Kier alpha value is -3.53. The molecule has 0 radical (unpaired) electrons. The van der Waals surface area contributed by atoms with Crippen LogP contribution >= 0.6 is 0 Å². The van der Waals surface area contributed by atoms with Gasteiger partial charge in [0.05, 0.1) is 40.3 Å². The van der Waals surface area contributed by atoms with Crippen molar-refractivity contribution >= 4 is 17.9 Å². The van der Waals surface area contributed by atoms with Crippen LogP contribution in [0.25, 0.3) is 0 Å². The fourth-order valence-electron chi connectivity index (χ4n) is 9.48. The van der Waals surface area contributed by atoms with Crippen LogP contribution in [0.1, 0.15) is 296 Å². The van der Waals surface area contributed by atoms with Gasteiger partial charge in [-0.2, -0.15) is 0 Å². The van der Waals surface area contributed by atoms with Crippen molar-refractivity contribution < 1.29 is 42.9 Å². The first-order valence-corrected chi connectivity index (χ1v) is 33.7. The van der Waals surface area contributed by atoms with Gasteiger partial charge in [-0.3, -0.25) is 9.59 Å². The van der Waals surface area contributed by atoms with Crippen molar-refractivity contribution in [2.75, 3.05) is 47.5 Å². The van der Waals surface area contributed by atoms with E-state index in [0.29, 0.717) is 17.4 Å². The largest absolute Gasteiger partial charge is 0.545 e. The highest BCUT2D eigenvalue weighted by Crippen LogP contribution is 2.17. The number of allylic oxidation sites excluding steroid dienone is 14. The highest BCUT2D eigenvalue weighted by atomic mass is 16.7. The summed E-state index contributed by atoms with van der Waals surface area (Å²) >= 11 is 0. The molecule has 0 spiro atoms. The number of quaternary nitrogens is 1. The Morgan fingerprint density at radius 3 is 1.06 bits per heavy atom. The van der Waals surface area contributed by atoms with Gasteiger partial charge in [-0.25, -0.2) is 0 Å². The molecule has 0 aromatic carbocycles. The summed E-state index contributed by atoms with van der Waals surface area (Å²) in [5.41, 5.74) is 0. The molecule has 2 unspecified atom stereocenters. The number of carboxylic acid groups (broad SMARTS) is 1. The molecule has 2 atom stereocenters. The third-order valence-corrected chi connectivity index (χ3v) is 14.6. The summed E-state index contributed by atoms with van der Waals surface area (Å²) in [4.78, 5) is 37.5. The van der Waals surface area contributed by atoms with Crippen LogP contribution in [0, 0.1) is 0 Å². The lowest BCUT2D eigenvalue weighted by Gasteiger charge is -2.26. The smallest absolute Gasteiger partial charge is 0.306 e. The fraction of sp³-hybridized carbons (Fsp3) is 0.764. The van der Waals surface area contributed by atoms with Crippen LogP contribution in [0.4, 0.5) is 0 Å². The Labute approximate surface area is 500 Å². The first kappa shape index (κ1) is 77.5. The second kappa shape index (κ2) is 62.5. The average molecular weight is 1130 g/mol. The van der Waals surface area contributed by atoms with E-state index in [9.17, 15) is 19.5 Å². The van der Waals surface area contributed by atoms with Crippen molar-refractivity contribution in [3.8, 4) is 0 Å². The minimum Gasteiger partial charge on any atom is -0.545 e. The molecule has 0 aromatic heterocycles. The standard InChI is InChI=1S/C72H127NO8/c1-6-8-10-12-14-16-18-20-22-24-26-28-30-32-34-35-37-38-40-42-44-46-48-50-52-54-56-58-60-62-69(74)79-66-68(67-80-72(71(76)77)78-65-64-73(3,4)5)81-70(75)63-61-59-57-55-53-51-49-47-45-43-41-39-36-33-31-29-27-25-23-21-19-17-15-13-11-9-7-2/h9,11,15,17,21,23-24,26-27,29,33,36,41,43,68,72H,6-8,10,12-14,16,18-20,22,25,28,30-32,34-35,37-40,42,44-67H2,1-5H3/b11-9-,17-15-,23-21-,26-24-,29-27-,36-33-,43-41-. The lowest BCUT2D eigenvalue weighted by Crippen LogP contribution is -2.44. The zero-order valence-corrected chi connectivity index (χ0v) is 53.4. The van der Waals surface area contributed by atoms with E-state index in [1.807, 2.05) is 21.1 Å². The van der Waals surface area contributed by atoms with Gasteiger partial charge < -0.3 is 33.3 Å². The van der Waals surface area contributed by atoms with Crippen molar-refractivity contribution in [1.82, 2.24) is 0 Å². The number of carboxylic acids is 1. The Morgan fingerprint density at radius 2 is 0.704 bits per heavy atom. The van der Waals surface area contributed by atoms with E-state index >= 15 is 0 Å². The molecule has 0 heterocycles. The van der Waals surface area contributed by atoms with Crippen molar-refractivity contribution in [2.45, 2.75) is 309 Å². The van der Waals surface area contributed by atoms with Crippen molar-refractivity contribution in [2.24, 2.45) is 0 Å². The number of aliphatic carboxylic acids is 1. The minimum atomic E-state index is -1.63. The molecule has 0 N–H and O–H groups in total. The van der Waals surface area contributed by atoms with Gasteiger partial charge in [0, 0.05) is 12.8 Å². The van der Waals surface area contributed by atoms with Crippen LogP contribution in [0.5, 0.6) is 0 Å². The number of hydrogen-bond donors (Lipinski definition) is 0. The van der Waals surface area contributed by atoms with Crippen LogP contribution < -0.4 is 5.11 Å². The summed E-state index contributed by atoms with van der Waals surface area (Å²) in [5, 5.41) is 11.8. The molecule has 0 aromatic rings. The fourth-order valence-corrected chi connectivity index (χ4v) is 9.48. The summed E-state index contributed by atoms with van der Waals surface area (Å²) in [6.07, 6.45) is 80.8. The summed E-state index contributed by atoms with van der Waals surface area (Å²) < 4.78 is 22.8. The monoisotopic (exact) mass is 1130 g/mol. The van der Waals surface area contributed by atoms with Crippen LogP contribution in [0.15, 0.2) is 85.1 Å². The van der Waals surface area contributed by atoms with Crippen LogP contribution in [-0.4, -0.2) is 82.3 Å². The molecule has 9 heteroatoms. The molecule has 0 amide bonds. The maximum absolute atomic E-state index is 12.9. The molecule has 0 saturated carbocycles. The summed E-state index contributed by atoms with van der Waals surface area (Å²) in [7, 11) is 5.93. The third-order valence-electron chi connectivity index (χ3n) is 14.6. The molecule has 0 aliphatic carbocycles. The second-order valence-electron chi connectivity index (χ2n) is 23.7. The quantitative estimate of drug-likeness (QED) is 0.0195. The Kier molecular flexibility index (Phi) is 59.8. The Morgan fingerprint density at radius 1 is 0.383 bits per heavy atom. The van der Waals surface area contributed by atoms with E-state index < -0.39 is 24.3 Å². The number of rotatable bonds is 62. The number of unbranched alkanes of at least 4 members (excludes halogenated alkanes) is 33. The van der Waals surface area contributed by atoms with Crippen LogP contribution in [0.2, 0.25) is 0 Å². The zero-order chi connectivity index (χ0) is 59.1. The van der Waals surface area contributed by atoms with E-state index in [2.05, 4.69) is 98.9 Å². The number of nitrogens with zero attached hydrogens (tertiary/aromatic N) is 1. The molecule has 0 aliphatic heterocycles. The number of hydrogen-bond acceptors (Lipinski definition) is 8. The lowest BCUT2D eigenvalue weighted by molar-refractivity contribution is -0.870. The van der Waals surface area contributed by atoms with E-state index in [1.54, 1.807) is 0 Å². The van der Waals surface area contributed by atoms with Crippen molar-refractivity contribution in [3.63, 3.8) is 0 Å². The predicted molar refractivity (Wildman–Crippen MR) is 343 cm³/mol. The second-order valence-corrected chi connectivity index (χ2v) is 23.7. The maximum Gasteiger partial charge on any atom is 0.306 e. The SMILES string of the molecule is CC/C=C\C/C=C\C/C=C\C/C=C\C/C=C\C/C=C\CCCCCCCCCCC(=O)OC(COC(=O)CCCCCCCCCCCCCCCCCCC/C=C\CCCCCCCCCC)COC(OCC[N+](C)(C)C)C(=O)[O-]. The molecule has 0 aliphatic rings. The molecule has 0 saturated heterocycles. The molecule has 0 fully saturated rings. The Balaban J connectivity index is 4.16. The number of ether oxygens (including phenoxy) is 4. The maximum atomic E-state index is 12.9. The van der Waals surface area contributed by atoms with Crippen LogP contribution in [-0.2, 0) is 33.3 Å². The molecule has 0 rings (SSSR count). The topological polar surface area (TPSA) is 111 Å². The highest BCUT2D eigenvalue weighted by Gasteiger charge is 2.22. The van der Waals surface area contributed by atoms with Gasteiger partial charge in [-0.15, -0.1) is 0 Å². The molecular formula is C72H127NO8. The van der Waals surface area contributed by atoms with Crippen molar-refractivity contribution in [1.29, 1.82) is 0 Å².